The van der Waals surface area contributed by atoms with E-state index in [4.69, 9.17) is 0 Å². The van der Waals surface area contributed by atoms with Gasteiger partial charge in [0.1, 0.15) is 13.8 Å². The topological polar surface area (TPSA) is 20.1 Å². The van der Waals surface area contributed by atoms with Gasteiger partial charge >= 0.3 is 5.91 Å². The van der Waals surface area contributed by atoms with E-state index in [-0.39, 0.29) is 5.91 Å². The number of amides is 1. The Morgan fingerprint density at radius 3 is 2.00 bits per heavy atom. The minimum Gasteiger partial charge on any atom is -0.215 e. The van der Waals surface area contributed by atoms with Crippen LogP contribution in [0.1, 0.15) is 6.92 Å². The second kappa shape index (κ2) is 2.40. The zero-order valence-corrected chi connectivity index (χ0v) is 5.27. The van der Waals surface area contributed by atoms with E-state index in [1.807, 2.05) is 0 Å². The first-order valence-electron chi connectivity index (χ1n) is 2.29. The van der Waals surface area contributed by atoms with Crippen LogP contribution in [0.4, 0.5) is 0 Å². The number of carbonyl (C=O) groups excluding carboxylic acids is 1. The largest absolute Gasteiger partial charge is 0.413 e. The molecule has 0 fully saturated rings. The molecule has 0 spiro atoms. The van der Waals surface area contributed by atoms with Crippen molar-refractivity contribution in [2.75, 3.05) is 7.05 Å². The van der Waals surface area contributed by atoms with Crippen LogP contribution < -0.4 is 0 Å². The fourth-order valence-corrected chi connectivity index (χ4v) is 0.326. The highest BCUT2D eigenvalue weighted by Gasteiger charge is 2.08. The van der Waals surface area contributed by atoms with Crippen LogP contribution >= 0.6 is 0 Å². The molecule has 0 atom stereocenters. The highest BCUT2D eigenvalue weighted by molar-refractivity contribution is 5.85. The average molecular weight is 112 g/mol. The lowest BCUT2D eigenvalue weighted by Gasteiger charge is -1.86. The van der Waals surface area contributed by atoms with Crippen LogP contribution in [0.5, 0.6) is 0 Å². The van der Waals surface area contributed by atoms with Gasteiger partial charge in [-0.1, -0.05) is 6.58 Å². The van der Waals surface area contributed by atoms with Gasteiger partial charge in [-0.2, -0.15) is 4.58 Å². The maximum Gasteiger partial charge on any atom is 0.413 e. The molecule has 0 aliphatic carbocycles. The Morgan fingerprint density at radius 2 is 2.00 bits per heavy atom. The van der Waals surface area contributed by atoms with Crippen molar-refractivity contribution in [3.63, 3.8) is 0 Å². The number of hydrogen-bond acceptors (Lipinski definition) is 1. The summed E-state index contributed by atoms with van der Waals surface area (Å²) in [6.07, 6.45) is 0. The Bertz CT molecular complexity index is 131. The molecule has 0 unspecified atom stereocenters. The minimum absolute atomic E-state index is 0.120. The molecule has 0 saturated carbocycles. The van der Waals surface area contributed by atoms with Gasteiger partial charge in [0.25, 0.3) is 0 Å². The molecule has 1 amide bonds. The molecule has 0 aliphatic heterocycles. The monoisotopic (exact) mass is 112 g/mol. The number of nitrogens with zero attached hydrogens (tertiary/aromatic N) is 1. The highest BCUT2D eigenvalue weighted by Crippen LogP contribution is 1.86. The summed E-state index contributed by atoms with van der Waals surface area (Å²) >= 11 is 0. The second-order valence-corrected chi connectivity index (χ2v) is 1.78. The van der Waals surface area contributed by atoms with E-state index in [1.165, 1.54) is 4.58 Å². The Balaban J connectivity index is 4.05. The predicted molar refractivity (Wildman–Crippen MR) is 33.1 cm³/mol. The fourth-order valence-electron chi connectivity index (χ4n) is 0.326. The maximum absolute atomic E-state index is 10.6. The van der Waals surface area contributed by atoms with Crippen molar-refractivity contribution in [2.24, 2.45) is 0 Å². The van der Waals surface area contributed by atoms with Gasteiger partial charge in [-0.15, -0.1) is 0 Å². The molecule has 0 heterocycles. The number of likely N-dealkylation sites (N-methyl/N-ethyl adjacent to an activating group) is 1. The van der Waals surface area contributed by atoms with Crippen LogP contribution in [0.15, 0.2) is 12.2 Å². The highest BCUT2D eigenvalue weighted by atomic mass is 16.2. The lowest BCUT2D eigenvalue weighted by Crippen LogP contribution is -2.13. The minimum atomic E-state index is -0.120. The van der Waals surface area contributed by atoms with E-state index in [2.05, 4.69) is 13.3 Å². The van der Waals surface area contributed by atoms with E-state index in [0.717, 1.165) is 0 Å². The second-order valence-electron chi connectivity index (χ2n) is 1.78. The summed E-state index contributed by atoms with van der Waals surface area (Å²) in [4.78, 5) is 10.6. The van der Waals surface area contributed by atoms with Gasteiger partial charge in [0.05, 0.1) is 5.57 Å². The third kappa shape index (κ3) is 1.69. The SMILES string of the molecule is C=C(C)C(=O)[N+](=C)C. The first-order chi connectivity index (χ1) is 3.55. The molecule has 0 rings (SSSR count). The van der Waals surface area contributed by atoms with Crippen molar-refractivity contribution in [2.45, 2.75) is 6.92 Å². The van der Waals surface area contributed by atoms with Crippen LogP contribution in [-0.2, 0) is 4.79 Å². The van der Waals surface area contributed by atoms with E-state index < -0.39 is 0 Å². The van der Waals surface area contributed by atoms with E-state index >= 15 is 0 Å². The quantitative estimate of drug-likeness (QED) is 0.273. The molecule has 0 aromatic heterocycles. The van der Waals surface area contributed by atoms with Crippen LogP contribution in [0.3, 0.4) is 0 Å². The zero-order valence-electron chi connectivity index (χ0n) is 5.27. The Kier molecular flexibility index (Phi) is 2.13. The van der Waals surface area contributed by atoms with Gasteiger partial charge in [-0.25, -0.2) is 4.79 Å². The first kappa shape index (κ1) is 7.08. The molecule has 0 aliphatic rings. The Morgan fingerprint density at radius 1 is 1.62 bits per heavy atom. The molecule has 0 aromatic carbocycles. The molecule has 2 nitrogen and oxygen atoms in total. The smallest absolute Gasteiger partial charge is 0.215 e. The van der Waals surface area contributed by atoms with Crippen molar-refractivity contribution >= 4 is 12.6 Å². The average Bonchev–Trinajstić information content (AvgIpc) is 1.64. The third-order valence-corrected chi connectivity index (χ3v) is 0.712. The molecular formula is C6H10NO+. The molecule has 0 saturated heterocycles. The summed E-state index contributed by atoms with van der Waals surface area (Å²) in [6, 6.07) is 0. The summed E-state index contributed by atoms with van der Waals surface area (Å²) in [5.74, 6) is -0.120. The number of hydrogen-bond donors (Lipinski definition) is 0. The van der Waals surface area contributed by atoms with Gasteiger partial charge < -0.3 is 0 Å². The van der Waals surface area contributed by atoms with Crippen molar-refractivity contribution in [3.8, 4) is 0 Å². The summed E-state index contributed by atoms with van der Waals surface area (Å²) in [7, 11) is 1.59. The molecule has 0 bridgehead atoms. The summed E-state index contributed by atoms with van der Waals surface area (Å²) < 4.78 is 1.25. The predicted octanol–water partition coefficient (Wildman–Crippen LogP) is 0.432. The summed E-state index contributed by atoms with van der Waals surface area (Å²) in [5.41, 5.74) is 0.516. The third-order valence-electron chi connectivity index (χ3n) is 0.712. The molecule has 2 heteroatoms. The van der Waals surface area contributed by atoms with Crippen LogP contribution in [0.25, 0.3) is 0 Å². The molecular weight excluding hydrogens is 102 g/mol. The van der Waals surface area contributed by atoms with Crippen LogP contribution in [0.2, 0.25) is 0 Å². The Labute approximate surface area is 49.1 Å². The van der Waals surface area contributed by atoms with Crippen molar-refractivity contribution in [3.05, 3.63) is 12.2 Å². The lowest BCUT2D eigenvalue weighted by atomic mass is 10.3. The Hall–Kier alpha value is -0.920. The normalized spacial score (nSPS) is 8.25. The molecule has 0 N–H and O–H groups in total. The van der Waals surface area contributed by atoms with Crippen molar-refractivity contribution < 1.29 is 9.37 Å². The van der Waals surface area contributed by atoms with Crippen molar-refractivity contribution in [1.29, 1.82) is 0 Å². The van der Waals surface area contributed by atoms with Gasteiger partial charge in [0, 0.05) is 0 Å². The molecule has 44 valence electrons. The van der Waals surface area contributed by atoms with Gasteiger partial charge in [0.2, 0.25) is 0 Å². The van der Waals surface area contributed by atoms with Crippen molar-refractivity contribution in [1.82, 2.24) is 0 Å². The van der Waals surface area contributed by atoms with Gasteiger partial charge in [-0.3, -0.25) is 0 Å². The number of carbonyl (C=O) groups is 1. The first-order valence-corrected chi connectivity index (χ1v) is 2.29. The van der Waals surface area contributed by atoms with E-state index in [0.29, 0.717) is 5.57 Å². The van der Waals surface area contributed by atoms with Gasteiger partial charge in [0.15, 0.2) is 0 Å². The summed E-state index contributed by atoms with van der Waals surface area (Å²) in [5, 5.41) is 0. The van der Waals surface area contributed by atoms with Crippen LogP contribution in [0, 0.1) is 0 Å². The standard InChI is InChI=1S/C6H10NO/c1-5(2)6(8)7(3)4/h1,3H2,2,4H3/q+1. The lowest BCUT2D eigenvalue weighted by molar-refractivity contribution is -0.405. The molecule has 0 aromatic rings. The van der Waals surface area contributed by atoms with Crippen LogP contribution in [-0.4, -0.2) is 24.2 Å². The fraction of sp³-hybridized carbons (Fsp3) is 0.333. The van der Waals surface area contributed by atoms with Gasteiger partial charge in [-0.05, 0) is 6.92 Å². The van der Waals surface area contributed by atoms with E-state index in [9.17, 15) is 4.79 Å². The van der Waals surface area contributed by atoms with E-state index in [1.54, 1.807) is 14.0 Å². The summed E-state index contributed by atoms with van der Waals surface area (Å²) in [6.45, 7) is 8.48. The molecule has 8 heavy (non-hydrogen) atoms. The maximum atomic E-state index is 10.6. The molecule has 0 radical (unpaired) electrons. The number of rotatable bonds is 1. The zero-order chi connectivity index (χ0) is 6.73.